The zero-order valence-corrected chi connectivity index (χ0v) is 10.6. The van der Waals surface area contributed by atoms with Gasteiger partial charge in [-0.2, -0.15) is 0 Å². The molecule has 2 rings (SSSR count). The van der Waals surface area contributed by atoms with Gasteiger partial charge in [-0.15, -0.1) is 0 Å². The highest BCUT2D eigenvalue weighted by molar-refractivity contribution is 9.10. The number of nitrogens with one attached hydrogen (secondary N) is 1. The maximum atomic E-state index is 6.05. The quantitative estimate of drug-likeness (QED) is 0.886. The molecule has 82 valence electrons. The third kappa shape index (κ3) is 2.65. The molecule has 3 N–H and O–H groups in total. The van der Waals surface area contributed by atoms with E-state index in [1.165, 1.54) is 0 Å². The van der Waals surface area contributed by atoms with Crippen LogP contribution in [-0.4, -0.2) is 4.98 Å². The zero-order valence-electron chi connectivity index (χ0n) is 8.24. The van der Waals surface area contributed by atoms with Gasteiger partial charge in [0.25, 0.3) is 0 Å². The van der Waals surface area contributed by atoms with Crippen LogP contribution >= 0.6 is 27.5 Å². The minimum atomic E-state index is 0.608. The van der Waals surface area contributed by atoms with Gasteiger partial charge in [0.05, 0.1) is 28.3 Å². The first-order chi connectivity index (χ1) is 7.65. The number of hydrogen-bond donors (Lipinski definition) is 2. The summed E-state index contributed by atoms with van der Waals surface area (Å²) in [7, 11) is 0. The average Bonchev–Trinajstić information content (AvgIpc) is 2.24. The first kappa shape index (κ1) is 11.2. The van der Waals surface area contributed by atoms with Crippen molar-refractivity contribution < 1.29 is 0 Å². The Morgan fingerprint density at radius 3 is 2.81 bits per heavy atom. The summed E-state index contributed by atoms with van der Waals surface area (Å²) in [6, 6.07) is 7.38. The number of hydrogen-bond acceptors (Lipinski definition) is 3. The van der Waals surface area contributed by atoms with Gasteiger partial charge in [0, 0.05) is 10.7 Å². The monoisotopic (exact) mass is 297 g/mol. The van der Waals surface area contributed by atoms with Crippen molar-refractivity contribution in [2.75, 3.05) is 11.1 Å². The third-order valence-electron chi connectivity index (χ3n) is 1.97. The van der Waals surface area contributed by atoms with Crippen LogP contribution in [0.5, 0.6) is 0 Å². The average molecular weight is 299 g/mol. The highest BCUT2D eigenvalue weighted by Crippen LogP contribution is 2.28. The molecule has 0 fully saturated rings. The lowest BCUT2D eigenvalue weighted by atomic mass is 10.3. The van der Waals surface area contributed by atoms with Crippen molar-refractivity contribution in [1.29, 1.82) is 0 Å². The second-order valence-corrected chi connectivity index (χ2v) is 4.58. The van der Waals surface area contributed by atoms with Crippen LogP contribution in [0.2, 0.25) is 5.02 Å². The van der Waals surface area contributed by atoms with E-state index >= 15 is 0 Å². The van der Waals surface area contributed by atoms with E-state index in [2.05, 4.69) is 26.2 Å². The number of nitrogens with zero attached hydrogens (tertiary/aromatic N) is 1. The second kappa shape index (κ2) is 4.72. The molecule has 3 nitrogen and oxygen atoms in total. The highest BCUT2D eigenvalue weighted by Gasteiger charge is 2.02. The molecule has 0 atom stereocenters. The lowest BCUT2D eigenvalue weighted by Gasteiger charge is -2.08. The molecule has 0 aliphatic rings. The van der Waals surface area contributed by atoms with Crippen LogP contribution in [-0.2, 0) is 0 Å². The summed E-state index contributed by atoms with van der Waals surface area (Å²) in [5.74, 6) is 0. The summed E-state index contributed by atoms with van der Waals surface area (Å²) in [6.45, 7) is 0. The minimum Gasteiger partial charge on any atom is -0.397 e. The van der Waals surface area contributed by atoms with Crippen LogP contribution in [0.15, 0.2) is 41.1 Å². The number of anilines is 3. The lowest BCUT2D eigenvalue weighted by Crippen LogP contribution is -1.94. The molecule has 1 heterocycles. The first-order valence-corrected chi connectivity index (χ1v) is 5.75. The smallest absolute Gasteiger partial charge is 0.0641 e. The van der Waals surface area contributed by atoms with Crippen molar-refractivity contribution in [2.24, 2.45) is 0 Å². The predicted molar refractivity (Wildman–Crippen MR) is 71.1 cm³/mol. The van der Waals surface area contributed by atoms with Gasteiger partial charge in [-0.05, 0) is 24.3 Å². The molecular formula is C11H9BrClN3. The number of nitrogen functional groups attached to an aromatic ring is 1. The Morgan fingerprint density at radius 1 is 1.25 bits per heavy atom. The van der Waals surface area contributed by atoms with E-state index in [4.69, 9.17) is 17.3 Å². The number of halogens is 2. The van der Waals surface area contributed by atoms with Crippen LogP contribution in [0, 0.1) is 0 Å². The van der Waals surface area contributed by atoms with Gasteiger partial charge < -0.3 is 11.1 Å². The Bertz CT molecular complexity index is 516. The van der Waals surface area contributed by atoms with E-state index in [9.17, 15) is 0 Å². The van der Waals surface area contributed by atoms with E-state index in [-0.39, 0.29) is 0 Å². The van der Waals surface area contributed by atoms with Gasteiger partial charge in [-0.3, -0.25) is 4.98 Å². The van der Waals surface area contributed by atoms with E-state index in [1.807, 2.05) is 18.2 Å². The van der Waals surface area contributed by atoms with Gasteiger partial charge in [0.1, 0.15) is 0 Å². The summed E-state index contributed by atoms with van der Waals surface area (Å²) < 4.78 is 0.955. The Morgan fingerprint density at radius 2 is 2.06 bits per heavy atom. The van der Waals surface area contributed by atoms with E-state index in [1.54, 1.807) is 18.5 Å². The maximum absolute atomic E-state index is 6.05. The summed E-state index contributed by atoms with van der Waals surface area (Å²) in [5.41, 5.74) is 7.86. The zero-order chi connectivity index (χ0) is 11.5. The highest BCUT2D eigenvalue weighted by atomic mass is 79.9. The first-order valence-electron chi connectivity index (χ1n) is 4.58. The summed E-state index contributed by atoms with van der Waals surface area (Å²) >= 11 is 9.44. The van der Waals surface area contributed by atoms with Crippen molar-refractivity contribution in [3.63, 3.8) is 0 Å². The minimum absolute atomic E-state index is 0.608. The lowest BCUT2D eigenvalue weighted by molar-refractivity contribution is 1.32. The summed E-state index contributed by atoms with van der Waals surface area (Å²) in [6.07, 6.45) is 3.28. The molecule has 5 heteroatoms. The molecule has 0 radical (unpaired) electrons. The molecule has 16 heavy (non-hydrogen) atoms. The van der Waals surface area contributed by atoms with Crippen LogP contribution in [0.3, 0.4) is 0 Å². The number of nitrogens with two attached hydrogens (primary N) is 1. The Labute approximate surface area is 107 Å². The van der Waals surface area contributed by atoms with Crippen molar-refractivity contribution in [3.8, 4) is 0 Å². The molecule has 0 saturated carbocycles. The normalized spacial score (nSPS) is 10.1. The van der Waals surface area contributed by atoms with E-state index in [0.717, 1.165) is 15.8 Å². The fourth-order valence-electron chi connectivity index (χ4n) is 1.27. The molecule has 0 unspecified atom stereocenters. The third-order valence-corrected chi connectivity index (χ3v) is 2.79. The van der Waals surface area contributed by atoms with Gasteiger partial charge in [-0.1, -0.05) is 27.5 Å². The number of rotatable bonds is 2. The largest absolute Gasteiger partial charge is 0.397 e. The van der Waals surface area contributed by atoms with Crippen LogP contribution < -0.4 is 11.1 Å². The van der Waals surface area contributed by atoms with Crippen molar-refractivity contribution in [1.82, 2.24) is 4.98 Å². The van der Waals surface area contributed by atoms with Crippen molar-refractivity contribution in [3.05, 3.63) is 46.2 Å². The molecule has 0 bridgehead atoms. The van der Waals surface area contributed by atoms with Crippen LogP contribution in [0.4, 0.5) is 17.1 Å². The SMILES string of the molecule is Nc1cncc(Nc2cc(Br)ccc2Cl)c1. The maximum Gasteiger partial charge on any atom is 0.0641 e. The molecule has 0 amide bonds. The number of benzene rings is 1. The van der Waals surface area contributed by atoms with Crippen molar-refractivity contribution in [2.45, 2.75) is 0 Å². The fourth-order valence-corrected chi connectivity index (χ4v) is 1.80. The van der Waals surface area contributed by atoms with Gasteiger partial charge in [0.15, 0.2) is 0 Å². The van der Waals surface area contributed by atoms with Crippen LogP contribution in [0.25, 0.3) is 0 Å². The molecule has 0 aliphatic heterocycles. The van der Waals surface area contributed by atoms with Gasteiger partial charge in [-0.25, -0.2) is 0 Å². The molecule has 0 saturated heterocycles. The van der Waals surface area contributed by atoms with Gasteiger partial charge in [0.2, 0.25) is 0 Å². The fraction of sp³-hybridized carbons (Fsp3) is 0. The van der Waals surface area contributed by atoms with Crippen molar-refractivity contribution >= 4 is 44.6 Å². The van der Waals surface area contributed by atoms with E-state index < -0.39 is 0 Å². The predicted octanol–water partition coefficient (Wildman–Crippen LogP) is 3.82. The molecule has 2 aromatic rings. The Kier molecular flexibility index (Phi) is 3.31. The topological polar surface area (TPSA) is 50.9 Å². The van der Waals surface area contributed by atoms with Crippen LogP contribution in [0.1, 0.15) is 0 Å². The summed E-state index contributed by atoms with van der Waals surface area (Å²) in [5, 5.41) is 3.79. The molecule has 1 aromatic heterocycles. The molecule has 0 aliphatic carbocycles. The van der Waals surface area contributed by atoms with E-state index in [0.29, 0.717) is 10.7 Å². The summed E-state index contributed by atoms with van der Waals surface area (Å²) in [4.78, 5) is 3.99. The van der Waals surface area contributed by atoms with Gasteiger partial charge >= 0.3 is 0 Å². The standard InChI is InChI=1S/C11H9BrClN3/c12-7-1-2-10(13)11(3-7)16-9-4-8(14)5-15-6-9/h1-6,16H,14H2. The molecular weight excluding hydrogens is 289 g/mol. The number of aromatic nitrogens is 1. The Balaban J connectivity index is 2.30. The number of pyridine rings is 1. The Hall–Kier alpha value is -1.26. The second-order valence-electron chi connectivity index (χ2n) is 3.26. The molecule has 0 spiro atoms. The molecule has 1 aromatic carbocycles.